The Labute approximate surface area is 68.6 Å². The molecule has 4 unspecified atom stereocenters. The Morgan fingerprint density at radius 3 is 2.00 bits per heavy atom. The summed E-state index contributed by atoms with van der Waals surface area (Å²) in [6.45, 7) is -0.526. The van der Waals surface area contributed by atoms with Crippen LogP contribution in [0.25, 0.3) is 0 Å². The maximum atomic E-state index is 9.12. The quantitative estimate of drug-likeness (QED) is 0.290. The molecule has 0 aromatic heterocycles. The number of ether oxygens (including phenoxy) is 1. The van der Waals surface area contributed by atoms with E-state index >= 15 is 0 Å². The summed E-state index contributed by atoms with van der Waals surface area (Å²) >= 11 is 0. The molecule has 6 nitrogen and oxygen atoms in total. The Morgan fingerprint density at radius 1 is 0.917 bits per heavy atom. The van der Waals surface area contributed by atoms with Crippen LogP contribution >= 0.6 is 0 Å². The summed E-state index contributed by atoms with van der Waals surface area (Å²) in [6.07, 6.45) is -7.04. The van der Waals surface area contributed by atoms with Crippen molar-refractivity contribution >= 4 is 0 Å². The first-order chi connectivity index (χ1) is 5.57. The van der Waals surface area contributed by atoms with Crippen molar-refractivity contribution in [3.05, 3.63) is 0 Å². The van der Waals surface area contributed by atoms with Gasteiger partial charge in [0.15, 0.2) is 6.29 Å². The van der Waals surface area contributed by atoms with E-state index in [0.717, 1.165) is 0 Å². The smallest absolute Gasteiger partial charge is 0.184 e. The maximum Gasteiger partial charge on any atom is 0.184 e. The van der Waals surface area contributed by atoms with E-state index in [9.17, 15) is 0 Å². The van der Waals surface area contributed by atoms with Gasteiger partial charge in [0.1, 0.15) is 24.4 Å². The fourth-order valence-corrected chi connectivity index (χ4v) is 1.08. The molecule has 0 aliphatic carbocycles. The maximum absolute atomic E-state index is 9.12. The van der Waals surface area contributed by atoms with E-state index in [1.165, 1.54) is 0 Å². The van der Waals surface area contributed by atoms with Gasteiger partial charge in [-0.3, -0.25) is 0 Å². The molecule has 6 heteroatoms. The van der Waals surface area contributed by atoms with Gasteiger partial charge in [-0.25, -0.2) is 0 Å². The van der Waals surface area contributed by atoms with Gasteiger partial charge >= 0.3 is 0 Å². The zero-order valence-corrected chi connectivity index (χ0v) is 6.24. The van der Waals surface area contributed by atoms with Crippen molar-refractivity contribution in [2.75, 3.05) is 6.61 Å². The van der Waals surface area contributed by atoms with Gasteiger partial charge in [-0.2, -0.15) is 0 Å². The summed E-state index contributed by atoms with van der Waals surface area (Å²) in [6, 6.07) is 0. The summed E-state index contributed by atoms with van der Waals surface area (Å²) in [5.74, 6) is 0. The Bertz CT molecular complexity index is 146. The first kappa shape index (κ1) is 9.85. The highest BCUT2D eigenvalue weighted by Gasteiger charge is 2.42. The van der Waals surface area contributed by atoms with Crippen molar-refractivity contribution in [3.63, 3.8) is 0 Å². The van der Waals surface area contributed by atoms with Crippen LogP contribution in [0.3, 0.4) is 0 Å². The minimum absolute atomic E-state index is 0.526. The predicted molar refractivity (Wildman–Crippen MR) is 36.0 cm³/mol. The van der Waals surface area contributed by atoms with Gasteiger partial charge in [0.25, 0.3) is 0 Å². The third-order valence-corrected chi connectivity index (χ3v) is 1.87. The molecule has 1 saturated heterocycles. The van der Waals surface area contributed by atoms with Gasteiger partial charge in [0, 0.05) is 0 Å². The second-order valence-electron chi connectivity index (χ2n) is 2.72. The van der Waals surface area contributed by atoms with Crippen LogP contribution in [0.4, 0.5) is 0 Å². The van der Waals surface area contributed by atoms with Crippen molar-refractivity contribution in [3.8, 4) is 0 Å². The molecule has 5 atom stereocenters. The van der Waals surface area contributed by atoms with Crippen LogP contribution in [0, 0.1) is 0 Å². The van der Waals surface area contributed by atoms with E-state index < -0.39 is 37.3 Å². The molecule has 1 fully saturated rings. The SMILES string of the molecule is OCC1OC(O)C(O)[C@H](O)C1O. The Balaban J connectivity index is 2.63. The molecule has 0 spiro atoms. The first-order valence-electron chi connectivity index (χ1n) is 3.56. The third kappa shape index (κ3) is 1.58. The number of hydrogen-bond donors (Lipinski definition) is 5. The topological polar surface area (TPSA) is 110 Å². The molecule has 0 aromatic carbocycles. The van der Waals surface area contributed by atoms with E-state index in [1.54, 1.807) is 0 Å². The highest BCUT2D eigenvalue weighted by atomic mass is 16.6. The highest BCUT2D eigenvalue weighted by Crippen LogP contribution is 2.18. The van der Waals surface area contributed by atoms with Crippen LogP contribution < -0.4 is 0 Å². The zero-order valence-electron chi connectivity index (χ0n) is 6.24. The molecule has 0 bridgehead atoms. The van der Waals surface area contributed by atoms with Gasteiger partial charge in [-0.05, 0) is 0 Å². The minimum atomic E-state index is -1.57. The van der Waals surface area contributed by atoms with Crippen LogP contribution in [0.15, 0.2) is 0 Å². The van der Waals surface area contributed by atoms with Crippen LogP contribution in [0.5, 0.6) is 0 Å². The van der Waals surface area contributed by atoms with Crippen molar-refractivity contribution in [1.82, 2.24) is 0 Å². The molecule has 5 N–H and O–H groups in total. The normalized spacial score (nSPS) is 49.2. The zero-order chi connectivity index (χ0) is 9.30. The summed E-state index contributed by atoms with van der Waals surface area (Å²) < 4.78 is 4.58. The second-order valence-corrected chi connectivity index (χ2v) is 2.72. The lowest BCUT2D eigenvalue weighted by molar-refractivity contribution is -0.286. The predicted octanol–water partition coefficient (Wildman–Crippen LogP) is -3.22. The van der Waals surface area contributed by atoms with E-state index in [0.29, 0.717) is 0 Å². The molecule has 0 saturated carbocycles. The lowest BCUT2D eigenvalue weighted by atomic mass is 10.00. The Morgan fingerprint density at radius 2 is 1.50 bits per heavy atom. The first-order valence-corrected chi connectivity index (χ1v) is 3.56. The van der Waals surface area contributed by atoms with Crippen LogP contribution in [-0.2, 0) is 4.74 Å². The van der Waals surface area contributed by atoms with E-state index in [-0.39, 0.29) is 0 Å². The molecule has 1 aliphatic rings. The lowest BCUT2D eigenvalue weighted by Crippen LogP contribution is -2.58. The molecule has 12 heavy (non-hydrogen) atoms. The van der Waals surface area contributed by atoms with E-state index in [1.807, 2.05) is 0 Å². The van der Waals surface area contributed by atoms with Crippen molar-refractivity contribution < 1.29 is 30.3 Å². The fourth-order valence-electron chi connectivity index (χ4n) is 1.08. The van der Waals surface area contributed by atoms with Gasteiger partial charge < -0.3 is 30.3 Å². The number of aliphatic hydroxyl groups is 5. The number of aliphatic hydroxyl groups excluding tert-OH is 5. The van der Waals surface area contributed by atoms with E-state index in [2.05, 4.69) is 4.74 Å². The summed E-state index contributed by atoms with van der Waals surface area (Å²) in [4.78, 5) is 0. The molecule has 0 amide bonds. The largest absolute Gasteiger partial charge is 0.394 e. The standard InChI is InChI=1S/C6H12O6/c7-1-2-3(8)4(9)5(10)6(11)12-2/h2-11H,1H2/t2?,3?,4-,5?,6?/m1/s1. The number of rotatable bonds is 1. The van der Waals surface area contributed by atoms with Crippen LogP contribution in [0.2, 0.25) is 0 Å². The minimum Gasteiger partial charge on any atom is -0.394 e. The van der Waals surface area contributed by atoms with Crippen molar-refractivity contribution in [1.29, 1.82) is 0 Å². The van der Waals surface area contributed by atoms with Gasteiger partial charge in [0.05, 0.1) is 6.61 Å². The third-order valence-electron chi connectivity index (χ3n) is 1.87. The van der Waals surface area contributed by atoms with Crippen LogP contribution in [-0.4, -0.2) is 62.8 Å². The molecular weight excluding hydrogens is 168 g/mol. The average molecular weight is 180 g/mol. The van der Waals surface area contributed by atoms with Crippen molar-refractivity contribution in [2.45, 2.75) is 30.7 Å². The molecule has 0 radical (unpaired) electrons. The van der Waals surface area contributed by atoms with Crippen molar-refractivity contribution in [2.24, 2.45) is 0 Å². The summed E-state index contributed by atoms with van der Waals surface area (Å²) in [5.41, 5.74) is 0. The molecular formula is C6H12O6. The molecule has 72 valence electrons. The number of hydrogen-bond acceptors (Lipinski definition) is 6. The monoisotopic (exact) mass is 180 g/mol. The Hall–Kier alpha value is -0.240. The molecule has 1 aliphatic heterocycles. The Kier molecular flexibility index (Phi) is 2.99. The van der Waals surface area contributed by atoms with Crippen LogP contribution in [0.1, 0.15) is 0 Å². The average Bonchev–Trinajstić information content (AvgIpc) is 2.08. The molecule has 1 heterocycles. The second kappa shape index (κ2) is 3.65. The summed E-state index contributed by atoms with van der Waals surface area (Å²) in [7, 11) is 0. The molecule has 0 aromatic rings. The lowest BCUT2D eigenvalue weighted by Gasteiger charge is -2.37. The van der Waals surface area contributed by atoms with Gasteiger partial charge in [0.2, 0.25) is 0 Å². The van der Waals surface area contributed by atoms with Gasteiger partial charge in [-0.1, -0.05) is 0 Å². The van der Waals surface area contributed by atoms with Gasteiger partial charge in [-0.15, -0.1) is 0 Å². The van der Waals surface area contributed by atoms with E-state index in [4.69, 9.17) is 25.5 Å². The molecule has 1 rings (SSSR count). The summed E-state index contributed by atoms with van der Waals surface area (Å²) in [5, 5.41) is 44.7. The highest BCUT2D eigenvalue weighted by molar-refractivity contribution is 4.87. The fraction of sp³-hybridized carbons (Fsp3) is 1.00.